The third kappa shape index (κ3) is 3.23. The quantitative estimate of drug-likeness (QED) is 0.609. The number of nitrogens with one attached hydrogen (secondary N) is 2. The molecule has 0 aliphatic heterocycles. The van der Waals surface area contributed by atoms with Gasteiger partial charge in [0.2, 0.25) is 0 Å². The van der Waals surface area contributed by atoms with E-state index in [9.17, 15) is 26.7 Å². The minimum atomic E-state index is -3.09. The fourth-order valence-corrected chi connectivity index (χ4v) is 3.74. The molecule has 146 valence electrons. The predicted molar refractivity (Wildman–Crippen MR) is 93.5 cm³/mol. The molecule has 1 aliphatic carbocycles. The summed E-state index contributed by atoms with van der Waals surface area (Å²) in [6.45, 7) is 0. The summed E-state index contributed by atoms with van der Waals surface area (Å²) >= 11 is 0. The monoisotopic (exact) mass is 394 g/mol. The number of hydrogen-bond donors (Lipinski definition) is 2. The summed E-state index contributed by atoms with van der Waals surface area (Å²) in [4.78, 5) is 14.1. The molecule has 1 aromatic heterocycles. The number of aromatic amines is 1. The van der Waals surface area contributed by atoms with E-state index in [4.69, 9.17) is 0 Å². The van der Waals surface area contributed by atoms with Crippen molar-refractivity contribution >= 4 is 16.8 Å². The summed E-state index contributed by atoms with van der Waals surface area (Å²) in [6.07, 6.45) is -2.37. The van der Waals surface area contributed by atoms with Crippen LogP contribution in [0.3, 0.4) is 0 Å². The Labute approximate surface area is 156 Å². The van der Waals surface area contributed by atoms with Gasteiger partial charge in [-0.25, -0.2) is 13.2 Å². The fourth-order valence-electron chi connectivity index (χ4n) is 3.74. The van der Waals surface area contributed by atoms with Crippen molar-refractivity contribution in [1.29, 1.82) is 0 Å². The van der Waals surface area contributed by atoms with Crippen LogP contribution in [0.15, 0.2) is 36.4 Å². The van der Waals surface area contributed by atoms with Gasteiger partial charge in [-0.05, 0) is 60.2 Å². The van der Waals surface area contributed by atoms with Gasteiger partial charge in [0.05, 0.1) is 11.2 Å². The lowest BCUT2D eigenvalue weighted by atomic mass is 9.74. The summed E-state index contributed by atoms with van der Waals surface area (Å²) in [7, 11) is 0. The van der Waals surface area contributed by atoms with Crippen LogP contribution in [0, 0.1) is 17.5 Å². The van der Waals surface area contributed by atoms with Crippen LogP contribution in [0.5, 0.6) is 0 Å². The molecule has 1 aliphatic rings. The van der Waals surface area contributed by atoms with Gasteiger partial charge in [0.1, 0.15) is 17.5 Å². The SMILES string of the molecule is O=C(NC1CC(c2c(-c3ccc(F)cc3)[nH]c3c(F)cc(F)cc23)C1)C(F)F. The first-order valence-corrected chi connectivity index (χ1v) is 8.68. The number of H-pyrrole nitrogens is 1. The Morgan fingerprint density at radius 2 is 1.71 bits per heavy atom. The second kappa shape index (κ2) is 6.92. The number of hydrogen-bond acceptors (Lipinski definition) is 1. The molecule has 0 saturated heterocycles. The van der Waals surface area contributed by atoms with Crippen molar-refractivity contribution in [3.05, 3.63) is 59.4 Å². The molecule has 0 atom stereocenters. The van der Waals surface area contributed by atoms with E-state index in [1.165, 1.54) is 30.3 Å². The summed E-state index contributed by atoms with van der Waals surface area (Å²) in [5, 5.41) is 2.60. The Hall–Kier alpha value is -2.90. The molecule has 3 aromatic rings. The molecule has 0 bridgehead atoms. The average molecular weight is 394 g/mol. The van der Waals surface area contributed by atoms with Crippen LogP contribution in [0.4, 0.5) is 22.0 Å². The second-order valence-corrected chi connectivity index (χ2v) is 6.91. The van der Waals surface area contributed by atoms with E-state index in [0.717, 1.165) is 6.07 Å². The number of halogens is 5. The zero-order chi connectivity index (χ0) is 20.0. The van der Waals surface area contributed by atoms with E-state index in [0.29, 0.717) is 35.0 Å². The Morgan fingerprint density at radius 3 is 2.36 bits per heavy atom. The van der Waals surface area contributed by atoms with Gasteiger partial charge in [0.25, 0.3) is 5.91 Å². The number of fused-ring (bicyclic) bond motifs is 1. The molecule has 2 N–H and O–H groups in total. The van der Waals surface area contributed by atoms with Crippen LogP contribution in [-0.2, 0) is 4.79 Å². The van der Waals surface area contributed by atoms with Crippen molar-refractivity contribution in [2.45, 2.75) is 31.2 Å². The number of rotatable bonds is 4. The summed E-state index contributed by atoms with van der Waals surface area (Å²) < 4.78 is 66.2. The maximum atomic E-state index is 14.3. The van der Waals surface area contributed by atoms with Crippen LogP contribution in [0.2, 0.25) is 0 Å². The first-order chi connectivity index (χ1) is 13.3. The fraction of sp³-hybridized carbons (Fsp3) is 0.250. The number of benzene rings is 2. The van der Waals surface area contributed by atoms with Crippen molar-refractivity contribution in [3.63, 3.8) is 0 Å². The molecule has 3 nitrogen and oxygen atoms in total. The van der Waals surface area contributed by atoms with Crippen LogP contribution in [-0.4, -0.2) is 23.4 Å². The molecule has 28 heavy (non-hydrogen) atoms. The van der Waals surface area contributed by atoms with Crippen LogP contribution in [0.25, 0.3) is 22.2 Å². The largest absolute Gasteiger partial charge is 0.352 e. The highest BCUT2D eigenvalue weighted by atomic mass is 19.3. The lowest BCUT2D eigenvalue weighted by Crippen LogP contribution is -2.45. The molecule has 0 spiro atoms. The molecule has 2 aromatic carbocycles. The highest BCUT2D eigenvalue weighted by molar-refractivity contribution is 5.92. The van der Waals surface area contributed by atoms with Gasteiger partial charge in [0, 0.05) is 17.5 Å². The molecule has 0 unspecified atom stereocenters. The molecule has 1 amide bonds. The molecule has 4 rings (SSSR count). The van der Waals surface area contributed by atoms with Gasteiger partial charge in [-0.1, -0.05) is 0 Å². The number of alkyl halides is 2. The molecule has 8 heteroatoms. The lowest BCUT2D eigenvalue weighted by Gasteiger charge is -2.36. The Bertz CT molecular complexity index is 1040. The maximum Gasteiger partial charge on any atom is 0.315 e. The Balaban J connectivity index is 1.73. The van der Waals surface area contributed by atoms with Crippen molar-refractivity contribution in [2.24, 2.45) is 0 Å². The third-order valence-corrected chi connectivity index (χ3v) is 5.09. The predicted octanol–water partition coefficient (Wildman–Crippen LogP) is 4.88. The van der Waals surface area contributed by atoms with Gasteiger partial charge >= 0.3 is 6.43 Å². The molecular weight excluding hydrogens is 379 g/mol. The van der Waals surface area contributed by atoms with Crippen LogP contribution in [0.1, 0.15) is 24.3 Å². The normalized spacial score (nSPS) is 19.1. The van der Waals surface area contributed by atoms with Gasteiger partial charge in [-0.2, -0.15) is 8.78 Å². The van der Waals surface area contributed by atoms with Crippen molar-refractivity contribution in [1.82, 2.24) is 10.3 Å². The van der Waals surface area contributed by atoms with E-state index in [-0.39, 0.29) is 11.4 Å². The zero-order valence-corrected chi connectivity index (χ0v) is 14.4. The maximum absolute atomic E-state index is 14.3. The number of carbonyl (C=O) groups excluding carboxylic acids is 1. The van der Waals surface area contributed by atoms with Crippen molar-refractivity contribution in [3.8, 4) is 11.3 Å². The number of amides is 1. The Morgan fingerprint density at radius 1 is 1.04 bits per heavy atom. The molecule has 1 heterocycles. The number of aromatic nitrogens is 1. The first kappa shape index (κ1) is 18.5. The van der Waals surface area contributed by atoms with Crippen LogP contribution < -0.4 is 5.32 Å². The smallest absolute Gasteiger partial charge is 0.315 e. The zero-order valence-electron chi connectivity index (χ0n) is 14.4. The third-order valence-electron chi connectivity index (χ3n) is 5.09. The topological polar surface area (TPSA) is 44.9 Å². The molecule has 1 saturated carbocycles. The van der Waals surface area contributed by atoms with E-state index < -0.39 is 35.8 Å². The van der Waals surface area contributed by atoms with E-state index >= 15 is 0 Å². The van der Waals surface area contributed by atoms with Gasteiger partial charge in [-0.3, -0.25) is 4.79 Å². The first-order valence-electron chi connectivity index (χ1n) is 8.68. The van der Waals surface area contributed by atoms with Crippen molar-refractivity contribution < 1.29 is 26.7 Å². The van der Waals surface area contributed by atoms with E-state index in [2.05, 4.69) is 10.3 Å². The second-order valence-electron chi connectivity index (χ2n) is 6.91. The van der Waals surface area contributed by atoms with Gasteiger partial charge in [0.15, 0.2) is 0 Å². The van der Waals surface area contributed by atoms with E-state index in [1.54, 1.807) is 0 Å². The van der Waals surface area contributed by atoms with Gasteiger partial charge in [-0.15, -0.1) is 0 Å². The minimum absolute atomic E-state index is 0.121. The average Bonchev–Trinajstić information content (AvgIpc) is 2.97. The Kier molecular flexibility index (Phi) is 4.56. The lowest BCUT2D eigenvalue weighted by molar-refractivity contribution is -0.133. The minimum Gasteiger partial charge on any atom is -0.352 e. The summed E-state index contributed by atoms with van der Waals surface area (Å²) in [5.74, 6) is -3.46. The van der Waals surface area contributed by atoms with Crippen LogP contribution >= 0.6 is 0 Å². The molecule has 1 fully saturated rings. The number of carbonyl (C=O) groups is 1. The van der Waals surface area contributed by atoms with Gasteiger partial charge < -0.3 is 10.3 Å². The highest BCUT2D eigenvalue weighted by Gasteiger charge is 2.36. The summed E-state index contributed by atoms with van der Waals surface area (Å²) in [5.41, 5.74) is 1.86. The summed E-state index contributed by atoms with van der Waals surface area (Å²) in [6, 6.07) is 7.10. The van der Waals surface area contributed by atoms with Crippen molar-refractivity contribution in [2.75, 3.05) is 0 Å². The van der Waals surface area contributed by atoms with E-state index in [1.807, 2.05) is 0 Å². The standard InChI is InChI=1S/C20H15F5N2O/c21-11-3-1-9(2-4-11)17-16(10-5-13(6-10)26-20(28)19(24)25)14-7-12(22)8-15(23)18(14)27-17/h1-4,7-8,10,13,19,27H,5-6H2,(H,26,28). The molecular formula is C20H15F5N2O. The highest BCUT2D eigenvalue weighted by Crippen LogP contribution is 2.45. The molecule has 0 radical (unpaired) electrons.